The molecule has 3 nitrogen and oxygen atoms in total. The molecule has 1 aromatic heterocycles. The maximum atomic E-state index is 4.20. The van der Waals surface area contributed by atoms with Crippen molar-refractivity contribution in [3.63, 3.8) is 0 Å². The van der Waals surface area contributed by atoms with Crippen molar-refractivity contribution in [3.05, 3.63) is 30.1 Å². The van der Waals surface area contributed by atoms with Crippen molar-refractivity contribution in [1.82, 2.24) is 15.2 Å². The molecular formula is C18H33N3. The summed E-state index contributed by atoms with van der Waals surface area (Å²) in [7, 11) is 2.22. The maximum Gasteiger partial charge on any atom is 0.0312 e. The summed E-state index contributed by atoms with van der Waals surface area (Å²) >= 11 is 0. The Morgan fingerprint density at radius 1 is 1.29 bits per heavy atom. The summed E-state index contributed by atoms with van der Waals surface area (Å²) in [5.74, 6) is 0.713. The minimum absolute atomic E-state index is 0.367. The Morgan fingerprint density at radius 3 is 2.52 bits per heavy atom. The van der Waals surface area contributed by atoms with E-state index in [0.29, 0.717) is 11.3 Å². The second kappa shape index (κ2) is 9.16. The highest BCUT2D eigenvalue weighted by Crippen LogP contribution is 2.27. The molecule has 0 aromatic carbocycles. The number of hydrogen-bond acceptors (Lipinski definition) is 3. The van der Waals surface area contributed by atoms with Gasteiger partial charge in [0, 0.05) is 32.0 Å². The number of nitrogens with one attached hydrogen (secondary N) is 1. The van der Waals surface area contributed by atoms with Crippen LogP contribution in [0.15, 0.2) is 24.5 Å². The molecule has 0 amide bonds. The van der Waals surface area contributed by atoms with E-state index in [4.69, 9.17) is 0 Å². The molecule has 1 N–H and O–H groups in total. The summed E-state index contributed by atoms with van der Waals surface area (Å²) < 4.78 is 0. The Hall–Kier alpha value is -0.930. The predicted octanol–water partition coefficient (Wildman–Crippen LogP) is 3.57. The molecular weight excluding hydrogens is 258 g/mol. The van der Waals surface area contributed by atoms with Crippen LogP contribution in [-0.2, 0) is 6.54 Å². The summed E-state index contributed by atoms with van der Waals surface area (Å²) in [5.41, 5.74) is 1.66. The van der Waals surface area contributed by atoms with Crippen LogP contribution in [0.3, 0.4) is 0 Å². The van der Waals surface area contributed by atoms with Gasteiger partial charge in [0.2, 0.25) is 0 Å². The molecule has 21 heavy (non-hydrogen) atoms. The second-order valence-corrected chi connectivity index (χ2v) is 6.77. The monoisotopic (exact) mass is 291 g/mol. The molecule has 0 fully saturated rings. The molecule has 0 unspecified atom stereocenters. The van der Waals surface area contributed by atoms with Gasteiger partial charge in [-0.25, -0.2) is 0 Å². The van der Waals surface area contributed by atoms with Crippen LogP contribution in [0.1, 0.15) is 46.1 Å². The lowest BCUT2D eigenvalue weighted by Crippen LogP contribution is -2.43. The quantitative estimate of drug-likeness (QED) is 0.714. The molecule has 0 bridgehead atoms. The van der Waals surface area contributed by atoms with Gasteiger partial charge in [-0.1, -0.05) is 33.8 Å². The zero-order chi connectivity index (χ0) is 15.7. The fourth-order valence-corrected chi connectivity index (χ4v) is 2.84. The first-order valence-electron chi connectivity index (χ1n) is 8.29. The summed E-state index contributed by atoms with van der Waals surface area (Å²) in [6, 6.07) is 4.17. The number of pyridine rings is 1. The standard InChI is InChI=1S/C18H33N3/c1-6-18(7-2,14-20-11-16(3)4)15-21(5)13-17-9-8-10-19-12-17/h8-10,12,16,20H,6-7,11,13-15H2,1-5H3. The molecule has 0 aliphatic carbocycles. The summed E-state index contributed by atoms with van der Waals surface area (Å²) in [4.78, 5) is 6.64. The third kappa shape index (κ3) is 6.58. The molecule has 0 radical (unpaired) electrons. The van der Waals surface area contributed by atoms with Crippen LogP contribution in [0.25, 0.3) is 0 Å². The molecule has 0 atom stereocenters. The number of aromatic nitrogens is 1. The summed E-state index contributed by atoms with van der Waals surface area (Å²) in [6.07, 6.45) is 6.23. The van der Waals surface area contributed by atoms with Crippen LogP contribution in [-0.4, -0.2) is 36.6 Å². The van der Waals surface area contributed by atoms with Crippen LogP contribution in [0.2, 0.25) is 0 Å². The van der Waals surface area contributed by atoms with Gasteiger partial charge in [0.15, 0.2) is 0 Å². The third-order valence-corrected chi connectivity index (χ3v) is 4.33. The Morgan fingerprint density at radius 2 is 2.00 bits per heavy atom. The molecule has 1 aromatic rings. The first-order chi connectivity index (χ1) is 10.0. The minimum Gasteiger partial charge on any atom is -0.316 e. The molecule has 0 aliphatic heterocycles. The van der Waals surface area contributed by atoms with E-state index in [0.717, 1.165) is 26.2 Å². The fourth-order valence-electron chi connectivity index (χ4n) is 2.84. The predicted molar refractivity (Wildman–Crippen MR) is 91.3 cm³/mol. The van der Waals surface area contributed by atoms with E-state index in [1.807, 2.05) is 18.5 Å². The summed E-state index contributed by atoms with van der Waals surface area (Å²) in [6.45, 7) is 13.5. The lowest BCUT2D eigenvalue weighted by molar-refractivity contribution is 0.149. The van der Waals surface area contributed by atoms with E-state index in [1.165, 1.54) is 18.4 Å². The van der Waals surface area contributed by atoms with Crippen molar-refractivity contribution >= 4 is 0 Å². The third-order valence-electron chi connectivity index (χ3n) is 4.33. The Balaban J connectivity index is 2.55. The van der Waals surface area contributed by atoms with Gasteiger partial charge in [0.25, 0.3) is 0 Å². The Kier molecular flexibility index (Phi) is 7.91. The van der Waals surface area contributed by atoms with Gasteiger partial charge in [-0.3, -0.25) is 4.98 Å². The topological polar surface area (TPSA) is 28.2 Å². The van der Waals surface area contributed by atoms with Gasteiger partial charge in [-0.05, 0) is 49.4 Å². The molecule has 0 saturated carbocycles. The average Bonchev–Trinajstić information content (AvgIpc) is 2.46. The van der Waals surface area contributed by atoms with Gasteiger partial charge >= 0.3 is 0 Å². The molecule has 0 spiro atoms. The van der Waals surface area contributed by atoms with Crippen molar-refractivity contribution < 1.29 is 0 Å². The smallest absolute Gasteiger partial charge is 0.0312 e. The van der Waals surface area contributed by atoms with Crippen LogP contribution < -0.4 is 5.32 Å². The van der Waals surface area contributed by atoms with E-state index < -0.39 is 0 Å². The highest BCUT2D eigenvalue weighted by atomic mass is 15.1. The minimum atomic E-state index is 0.367. The van der Waals surface area contributed by atoms with Crippen LogP contribution in [0.4, 0.5) is 0 Å². The zero-order valence-corrected chi connectivity index (χ0v) is 14.5. The number of nitrogens with zero attached hydrogens (tertiary/aromatic N) is 2. The second-order valence-electron chi connectivity index (χ2n) is 6.77. The Bertz CT molecular complexity index is 371. The molecule has 0 saturated heterocycles. The van der Waals surface area contributed by atoms with Gasteiger partial charge in [0.1, 0.15) is 0 Å². The molecule has 1 heterocycles. The molecule has 3 heteroatoms. The van der Waals surface area contributed by atoms with Crippen molar-refractivity contribution in [1.29, 1.82) is 0 Å². The van der Waals surface area contributed by atoms with Crippen LogP contribution in [0.5, 0.6) is 0 Å². The lowest BCUT2D eigenvalue weighted by Gasteiger charge is -2.36. The van der Waals surface area contributed by atoms with Crippen molar-refractivity contribution in [2.24, 2.45) is 11.3 Å². The summed E-state index contributed by atoms with van der Waals surface area (Å²) in [5, 5.41) is 3.66. The average molecular weight is 291 g/mol. The Labute approximate surface area is 131 Å². The van der Waals surface area contributed by atoms with E-state index in [-0.39, 0.29) is 0 Å². The SMILES string of the molecule is CCC(CC)(CNCC(C)C)CN(C)Cc1cccnc1. The highest BCUT2D eigenvalue weighted by molar-refractivity contribution is 5.08. The lowest BCUT2D eigenvalue weighted by atomic mass is 9.81. The van der Waals surface area contributed by atoms with Gasteiger partial charge in [0.05, 0.1) is 0 Å². The first kappa shape index (κ1) is 18.1. The fraction of sp³-hybridized carbons (Fsp3) is 0.722. The van der Waals surface area contributed by atoms with Gasteiger partial charge < -0.3 is 10.2 Å². The molecule has 120 valence electrons. The van der Waals surface area contributed by atoms with Gasteiger partial charge in [-0.15, -0.1) is 0 Å². The zero-order valence-electron chi connectivity index (χ0n) is 14.5. The van der Waals surface area contributed by atoms with E-state index in [2.05, 4.69) is 56.0 Å². The largest absolute Gasteiger partial charge is 0.316 e. The molecule has 0 aliphatic rings. The van der Waals surface area contributed by atoms with Crippen LogP contribution in [0, 0.1) is 11.3 Å². The van der Waals surface area contributed by atoms with Crippen molar-refractivity contribution in [3.8, 4) is 0 Å². The maximum absolute atomic E-state index is 4.20. The van der Waals surface area contributed by atoms with Crippen molar-refractivity contribution in [2.45, 2.75) is 47.1 Å². The molecule has 1 rings (SSSR count). The highest BCUT2D eigenvalue weighted by Gasteiger charge is 2.27. The number of rotatable bonds is 10. The normalized spacial score (nSPS) is 12.3. The van der Waals surface area contributed by atoms with Crippen molar-refractivity contribution in [2.75, 3.05) is 26.7 Å². The first-order valence-corrected chi connectivity index (χ1v) is 8.29. The number of hydrogen-bond donors (Lipinski definition) is 1. The van der Waals surface area contributed by atoms with E-state index in [1.54, 1.807) is 0 Å². The van der Waals surface area contributed by atoms with Crippen LogP contribution >= 0.6 is 0 Å². The van der Waals surface area contributed by atoms with Gasteiger partial charge in [-0.2, -0.15) is 0 Å². The van der Waals surface area contributed by atoms with E-state index in [9.17, 15) is 0 Å². The van der Waals surface area contributed by atoms with E-state index >= 15 is 0 Å².